The molecule has 5 heteroatoms. The van der Waals surface area contributed by atoms with E-state index in [2.05, 4.69) is 5.32 Å². The standard InChI is InChI=1S/C18H16ClNO3/c1-11-15-8-14(19)6-7-16(15)23-17(11)18(22)20-9-12-4-2-3-5-13(12)10-21/h2-8,21H,9-10H2,1H3,(H,20,22). The predicted molar refractivity (Wildman–Crippen MR) is 89.5 cm³/mol. The zero-order valence-corrected chi connectivity index (χ0v) is 13.4. The molecule has 4 nitrogen and oxygen atoms in total. The lowest BCUT2D eigenvalue weighted by molar-refractivity contribution is 0.0924. The fraction of sp³-hybridized carbons (Fsp3) is 0.167. The fourth-order valence-electron chi connectivity index (χ4n) is 2.55. The quantitative estimate of drug-likeness (QED) is 0.765. The van der Waals surface area contributed by atoms with Crippen LogP contribution in [0, 0.1) is 6.92 Å². The Morgan fingerprint density at radius 2 is 1.96 bits per heavy atom. The average molecular weight is 330 g/mol. The number of benzene rings is 2. The summed E-state index contributed by atoms with van der Waals surface area (Å²) in [6, 6.07) is 12.7. The van der Waals surface area contributed by atoms with Gasteiger partial charge < -0.3 is 14.8 Å². The third-order valence-corrected chi connectivity index (χ3v) is 4.07. The van der Waals surface area contributed by atoms with E-state index >= 15 is 0 Å². The molecule has 0 saturated heterocycles. The van der Waals surface area contributed by atoms with Crippen LogP contribution in [-0.2, 0) is 13.2 Å². The molecule has 118 valence electrons. The second kappa shape index (κ2) is 6.44. The minimum Gasteiger partial charge on any atom is -0.451 e. The Morgan fingerprint density at radius 3 is 2.70 bits per heavy atom. The number of rotatable bonds is 4. The van der Waals surface area contributed by atoms with Crippen molar-refractivity contribution >= 4 is 28.5 Å². The number of nitrogens with one attached hydrogen (secondary N) is 1. The number of fused-ring (bicyclic) bond motifs is 1. The summed E-state index contributed by atoms with van der Waals surface area (Å²) in [6.45, 7) is 2.10. The van der Waals surface area contributed by atoms with Crippen molar-refractivity contribution in [1.82, 2.24) is 5.32 Å². The highest BCUT2D eigenvalue weighted by atomic mass is 35.5. The van der Waals surface area contributed by atoms with E-state index in [-0.39, 0.29) is 18.3 Å². The van der Waals surface area contributed by atoms with Crippen LogP contribution in [0.2, 0.25) is 5.02 Å². The van der Waals surface area contributed by atoms with Gasteiger partial charge in [0, 0.05) is 22.5 Å². The predicted octanol–water partition coefficient (Wildman–Crippen LogP) is 3.82. The fourth-order valence-corrected chi connectivity index (χ4v) is 2.72. The van der Waals surface area contributed by atoms with E-state index in [4.69, 9.17) is 16.0 Å². The lowest BCUT2D eigenvalue weighted by Crippen LogP contribution is -2.23. The zero-order chi connectivity index (χ0) is 16.4. The number of furan rings is 1. The minimum atomic E-state index is -0.289. The van der Waals surface area contributed by atoms with E-state index in [1.807, 2.05) is 31.2 Å². The van der Waals surface area contributed by atoms with E-state index in [1.165, 1.54) is 0 Å². The first-order chi connectivity index (χ1) is 11.1. The molecule has 0 aliphatic rings. The summed E-state index contributed by atoms with van der Waals surface area (Å²) in [4.78, 5) is 12.4. The summed E-state index contributed by atoms with van der Waals surface area (Å²) < 4.78 is 5.64. The molecule has 0 bridgehead atoms. The number of hydrogen-bond acceptors (Lipinski definition) is 3. The van der Waals surface area contributed by atoms with Crippen LogP contribution in [0.5, 0.6) is 0 Å². The number of aliphatic hydroxyl groups is 1. The molecule has 3 aromatic rings. The minimum absolute atomic E-state index is 0.0613. The van der Waals surface area contributed by atoms with Crippen molar-refractivity contribution in [1.29, 1.82) is 0 Å². The Hall–Kier alpha value is -2.30. The van der Waals surface area contributed by atoms with Crippen molar-refractivity contribution < 1.29 is 14.3 Å². The maximum Gasteiger partial charge on any atom is 0.287 e. The van der Waals surface area contributed by atoms with Gasteiger partial charge in [-0.3, -0.25) is 4.79 Å². The van der Waals surface area contributed by atoms with Crippen molar-refractivity contribution in [2.24, 2.45) is 0 Å². The number of hydrogen-bond donors (Lipinski definition) is 2. The Balaban J connectivity index is 1.82. The van der Waals surface area contributed by atoms with Gasteiger partial charge in [-0.25, -0.2) is 0 Å². The lowest BCUT2D eigenvalue weighted by Gasteiger charge is -2.08. The van der Waals surface area contributed by atoms with Gasteiger partial charge in [0.1, 0.15) is 5.58 Å². The van der Waals surface area contributed by atoms with E-state index in [0.717, 1.165) is 22.1 Å². The summed E-state index contributed by atoms with van der Waals surface area (Å²) in [5, 5.41) is 13.6. The monoisotopic (exact) mass is 329 g/mol. The molecule has 0 spiro atoms. The highest BCUT2D eigenvalue weighted by Crippen LogP contribution is 2.27. The Bertz CT molecular complexity index is 870. The largest absolute Gasteiger partial charge is 0.451 e. The topological polar surface area (TPSA) is 62.5 Å². The molecule has 1 heterocycles. The van der Waals surface area contributed by atoms with Gasteiger partial charge in [-0.05, 0) is 36.2 Å². The number of carbonyl (C=O) groups is 1. The average Bonchev–Trinajstić information content (AvgIpc) is 2.89. The maximum atomic E-state index is 12.4. The van der Waals surface area contributed by atoms with Gasteiger partial charge >= 0.3 is 0 Å². The SMILES string of the molecule is Cc1c(C(=O)NCc2ccccc2CO)oc2ccc(Cl)cc12. The molecule has 0 aliphatic heterocycles. The molecule has 0 unspecified atom stereocenters. The van der Waals surface area contributed by atoms with E-state index < -0.39 is 0 Å². The van der Waals surface area contributed by atoms with Crippen molar-refractivity contribution in [3.8, 4) is 0 Å². The summed E-state index contributed by atoms with van der Waals surface area (Å²) in [5.74, 6) is -0.00804. The van der Waals surface area contributed by atoms with E-state index in [9.17, 15) is 9.90 Å². The van der Waals surface area contributed by atoms with Crippen LogP contribution in [0.4, 0.5) is 0 Å². The van der Waals surface area contributed by atoms with Crippen LogP contribution in [0.1, 0.15) is 27.2 Å². The van der Waals surface area contributed by atoms with Crippen molar-refractivity contribution in [3.63, 3.8) is 0 Å². The van der Waals surface area contributed by atoms with Gasteiger partial charge in [0.25, 0.3) is 5.91 Å². The molecule has 2 aromatic carbocycles. The van der Waals surface area contributed by atoms with Gasteiger partial charge in [-0.2, -0.15) is 0 Å². The molecule has 1 amide bonds. The van der Waals surface area contributed by atoms with E-state index in [1.54, 1.807) is 18.2 Å². The number of carbonyl (C=O) groups excluding carboxylic acids is 1. The zero-order valence-electron chi connectivity index (χ0n) is 12.6. The highest BCUT2D eigenvalue weighted by Gasteiger charge is 2.17. The molecular formula is C18H16ClNO3. The number of halogens is 1. The van der Waals surface area contributed by atoms with Crippen LogP contribution in [0.3, 0.4) is 0 Å². The molecule has 0 radical (unpaired) electrons. The first-order valence-electron chi connectivity index (χ1n) is 7.24. The van der Waals surface area contributed by atoms with Gasteiger partial charge in [0.15, 0.2) is 5.76 Å². The number of aryl methyl sites for hydroxylation is 1. The number of aliphatic hydroxyl groups excluding tert-OH is 1. The Labute approximate surface area is 138 Å². The third-order valence-electron chi connectivity index (χ3n) is 3.83. The van der Waals surface area contributed by atoms with Crippen LogP contribution in [0.25, 0.3) is 11.0 Å². The lowest BCUT2D eigenvalue weighted by atomic mass is 10.1. The van der Waals surface area contributed by atoms with Gasteiger partial charge in [-0.15, -0.1) is 0 Å². The van der Waals surface area contributed by atoms with Gasteiger partial charge in [-0.1, -0.05) is 35.9 Å². The van der Waals surface area contributed by atoms with Crippen molar-refractivity contribution in [2.45, 2.75) is 20.1 Å². The van der Waals surface area contributed by atoms with Gasteiger partial charge in [0.05, 0.1) is 6.61 Å². The molecule has 3 rings (SSSR count). The van der Waals surface area contributed by atoms with Crippen molar-refractivity contribution in [3.05, 3.63) is 69.9 Å². The Kier molecular flexibility index (Phi) is 4.37. The maximum absolute atomic E-state index is 12.4. The molecule has 1 aromatic heterocycles. The molecule has 23 heavy (non-hydrogen) atoms. The summed E-state index contributed by atoms with van der Waals surface area (Å²) in [5.41, 5.74) is 3.06. The smallest absolute Gasteiger partial charge is 0.287 e. The second-order valence-electron chi connectivity index (χ2n) is 5.31. The van der Waals surface area contributed by atoms with E-state index in [0.29, 0.717) is 17.2 Å². The van der Waals surface area contributed by atoms with Gasteiger partial charge in [0.2, 0.25) is 0 Å². The van der Waals surface area contributed by atoms with Crippen LogP contribution < -0.4 is 5.32 Å². The molecule has 0 atom stereocenters. The first kappa shape index (κ1) is 15.6. The second-order valence-corrected chi connectivity index (χ2v) is 5.74. The van der Waals surface area contributed by atoms with Crippen molar-refractivity contribution in [2.75, 3.05) is 0 Å². The molecule has 0 fully saturated rings. The van der Waals surface area contributed by atoms with Crippen LogP contribution in [-0.4, -0.2) is 11.0 Å². The molecule has 0 aliphatic carbocycles. The third kappa shape index (κ3) is 3.09. The molecule has 2 N–H and O–H groups in total. The number of amides is 1. The molecular weight excluding hydrogens is 314 g/mol. The normalized spacial score (nSPS) is 10.9. The molecule has 0 saturated carbocycles. The summed E-state index contributed by atoms with van der Waals surface area (Å²) in [7, 11) is 0. The highest BCUT2D eigenvalue weighted by molar-refractivity contribution is 6.31. The summed E-state index contributed by atoms with van der Waals surface area (Å²) >= 11 is 5.99. The van der Waals surface area contributed by atoms with Crippen LogP contribution in [0.15, 0.2) is 46.9 Å². The summed E-state index contributed by atoms with van der Waals surface area (Å²) in [6.07, 6.45) is 0. The first-order valence-corrected chi connectivity index (χ1v) is 7.62. The van der Waals surface area contributed by atoms with Crippen LogP contribution >= 0.6 is 11.6 Å². The Morgan fingerprint density at radius 1 is 1.22 bits per heavy atom.